The van der Waals surface area contributed by atoms with Gasteiger partial charge in [-0.05, 0) is 19.1 Å². The van der Waals surface area contributed by atoms with Crippen molar-refractivity contribution in [3.8, 4) is 0 Å². The van der Waals surface area contributed by atoms with Gasteiger partial charge in [0.15, 0.2) is 0 Å². The summed E-state index contributed by atoms with van der Waals surface area (Å²) in [4.78, 5) is 11.0. The van der Waals surface area contributed by atoms with Crippen LogP contribution in [0.1, 0.15) is 18.7 Å². The molecule has 0 aromatic carbocycles. The van der Waals surface area contributed by atoms with Crippen LogP contribution in [0.15, 0.2) is 22.8 Å². The van der Waals surface area contributed by atoms with E-state index in [1.54, 1.807) is 24.4 Å². The Morgan fingerprint density at radius 3 is 2.75 bits per heavy atom. The maximum absolute atomic E-state index is 11.8. The van der Waals surface area contributed by atoms with Crippen LogP contribution in [0.3, 0.4) is 0 Å². The van der Waals surface area contributed by atoms with Crippen molar-refractivity contribution in [3.63, 3.8) is 0 Å². The molecule has 0 radical (unpaired) electrons. The van der Waals surface area contributed by atoms with Crippen LogP contribution in [0.25, 0.3) is 0 Å². The molecule has 0 bridgehead atoms. The van der Waals surface area contributed by atoms with Gasteiger partial charge in [0, 0.05) is 0 Å². The van der Waals surface area contributed by atoms with Crippen LogP contribution in [0.4, 0.5) is 18.0 Å². The largest absolute Gasteiger partial charge is 0.467 e. The first-order valence-corrected chi connectivity index (χ1v) is 4.53. The van der Waals surface area contributed by atoms with E-state index in [4.69, 9.17) is 4.42 Å². The first kappa shape index (κ1) is 12.4. The van der Waals surface area contributed by atoms with Gasteiger partial charge in [0.25, 0.3) is 0 Å². The second kappa shape index (κ2) is 4.91. The highest BCUT2D eigenvalue weighted by atomic mass is 19.4. The van der Waals surface area contributed by atoms with Crippen LogP contribution in [0.2, 0.25) is 0 Å². The highest BCUT2D eigenvalue weighted by Crippen LogP contribution is 2.13. The first-order valence-electron chi connectivity index (χ1n) is 4.53. The molecular weight excluding hydrogens is 225 g/mol. The molecule has 0 aliphatic heterocycles. The zero-order valence-corrected chi connectivity index (χ0v) is 8.47. The van der Waals surface area contributed by atoms with Gasteiger partial charge < -0.3 is 15.1 Å². The quantitative estimate of drug-likeness (QED) is 0.845. The minimum Gasteiger partial charge on any atom is -0.467 e. The Hall–Kier alpha value is -1.66. The van der Waals surface area contributed by atoms with E-state index in [-0.39, 0.29) is 0 Å². The summed E-state index contributed by atoms with van der Waals surface area (Å²) in [6.45, 7) is 0.246. The Morgan fingerprint density at radius 1 is 1.56 bits per heavy atom. The van der Waals surface area contributed by atoms with Crippen LogP contribution >= 0.6 is 0 Å². The monoisotopic (exact) mass is 236 g/mol. The maximum atomic E-state index is 11.8. The molecule has 2 amide bonds. The van der Waals surface area contributed by atoms with Gasteiger partial charge in [-0.15, -0.1) is 0 Å². The van der Waals surface area contributed by atoms with Gasteiger partial charge in [0.05, 0.1) is 12.3 Å². The number of furan rings is 1. The van der Waals surface area contributed by atoms with Crippen molar-refractivity contribution in [3.05, 3.63) is 24.2 Å². The summed E-state index contributed by atoms with van der Waals surface area (Å²) in [6.07, 6.45) is -2.99. The second-order valence-electron chi connectivity index (χ2n) is 3.18. The Balaban J connectivity index is 2.35. The molecule has 16 heavy (non-hydrogen) atoms. The molecule has 0 saturated carbocycles. The van der Waals surface area contributed by atoms with E-state index in [1.807, 2.05) is 0 Å². The Kier molecular flexibility index (Phi) is 3.81. The van der Waals surface area contributed by atoms with Gasteiger partial charge >= 0.3 is 12.2 Å². The summed E-state index contributed by atoms with van der Waals surface area (Å²) >= 11 is 0. The number of amides is 2. The van der Waals surface area contributed by atoms with Crippen molar-refractivity contribution in [2.45, 2.75) is 19.1 Å². The number of hydrogen-bond donors (Lipinski definition) is 2. The fraction of sp³-hybridized carbons (Fsp3) is 0.444. The summed E-state index contributed by atoms with van der Waals surface area (Å²) < 4.78 is 40.3. The average molecular weight is 236 g/mol. The third kappa shape index (κ3) is 4.24. The summed E-state index contributed by atoms with van der Waals surface area (Å²) in [5.41, 5.74) is 0. The number of halogens is 3. The summed E-state index contributed by atoms with van der Waals surface area (Å²) in [5, 5.41) is 4.01. The van der Waals surface area contributed by atoms with Gasteiger partial charge in [0.1, 0.15) is 12.3 Å². The smallest absolute Gasteiger partial charge is 0.405 e. The van der Waals surface area contributed by atoms with Crippen LogP contribution < -0.4 is 10.6 Å². The van der Waals surface area contributed by atoms with Gasteiger partial charge in [-0.25, -0.2) is 4.79 Å². The van der Waals surface area contributed by atoms with E-state index in [0.717, 1.165) is 0 Å². The van der Waals surface area contributed by atoms with Crippen molar-refractivity contribution >= 4 is 6.03 Å². The number of urea groups is 1. The number of hydrogen-bond acceptors (Lipinski definition) is 2. The van der Waals surface area contributed by atoms with E-state index >= 15 is 0 Å². The number of alkyl halides is 3. The zero-order chi connectivity index (χ0) is 12.2. The Morgan fingerprint density at radius 2 is 2.25 bits per heavy atom. The second-order valence-corrected chi connectivity index (χ2v) is 3.18. The normalized spacial score (nSPS) is 13.2. The third-order valence-corrected chi connectivity index (χ3v) is 1.77. The lowest BCUT2D eigenvalue weighted by Gasteiger charge is -2.13. The first-order chi connectivity index (χ1) is 7.38. The lowest BCUT2D eigenvalue weighted by Crippen LogP contribution is -2.41. The predicted molar refractivity (Wildman–Crippen MR) is 49.7 cm³/mol. The molecule has 1 heterocycles. The van der Waals surface area contributed by atoms with Crippen molar-refractivity contribution in [1.29, 1.82) is 0 Å². The summed E-state index contributed by atoms with van der Waals surface area (Å²) in [5.74, 6) is 0.474. The van der Waals surface area contributed by atoms with Crippen molar-refractivity contribution in [2.75, 3.05) is 6.54 Å². The molecule has 1 aromatic rings. The predicted octanol–water partition coefficient (Wildman–Crippen LogP) is 2.20. The van der Waals surface area contributed by atoms with E-state index in [1.165, 1.54) is 6.26 Å². The van der Waals surface area contributed by atoms with Crippen molar-refractivity contribution < 1.29 is 22.4 Å². The minimum atomic E-state index is -4.41. The van der Waals surface area contributed by atoms with Gasteiger partial charge in [-0.3, -0.25) is 0 Å². The Labute approximate surface area is 89.8 Å². The molecule has 2 N–H and O–H groups in total. The fourth-order valence-electron chi connectivity index (χ4n) is 1.04. The molecule has 0 aliphatic carbocycles. The minimum absolute atomic E-state index is 0.474. The molecule has 0 saturated heterocycles. The molecule has 7 heteroatoms. The summed E-state index contributed by atoms with van der Waals surface area (Å²) in [6, 6.07) is 1.87. The van der Waals surface area contributed by atoms with Crippen LogP contribution in [-0.2, 0) is 0 Å². The maximum Gasteiger partial charge on any atom is 0.405 e. The molecule has 1 aromatic heterocycles. The van der Waals surface area contributed by atoms with E-state index in [0.29, 0.717) is 5.76 Å². The average Bonchev–Trinajstić information content (AvgIpc) is 2.66. The number of carbonyl (C=O) groups excluding carboxylic acids is 1. The molecule has 4 nitrogen and oxygen atoms in total. The standard InChI is InChI=1S/C9H11F3N2O2/c1-6(7-3-2-4-16-7)14-8(15)13-5-9(10,11)12/h2-4,6H,5H2,1H3,(H2,13,14,15). The number of nitrogens with one attached hydrogen (secondary N) is 2. The Bertz CT molecular complexity index is 335. The zero-order valence-electron chi connectivity index (χ0n) is 8.47. The molecule has 1 unspecified atom stereocenters. The molecular formula is C9H11F3N2O2. The van der Waals surface area contributed by atoms with Gasteiger partial charge in [-0.2, -0.15) is 13.2 Å². The molecule has 90 valence electrons. The molecule has 0 fully saturated rings. The van der Waals surface area contributed by atoms with Gasteiger partial charge in [0.2, 0.25) is 0 Å². The highest BCUT2D eigenvalue weighted by molar-refractivity contribution is 5.74. The number of carbonyl (C=O) groups is 1. The molecule has 0 spiro atoms. The molecule has 1 atom stereocenters. The lowest BCUT2D eigenvalue weighted by molar-refractivity contribution is -0.122. The van der Waals surface area contributed by atoms with Crippen molar-refractivity contribution in [1.82, 2.24) is 10.6 Å². The SMILES string of the molecule is CC(NC(=O)NCC(F)(F)F)c1ccco1. The van der Waals surface area contributed by atoms with E-state index in [9.17, 15) is 18.0 Å². The fourth-order valence-corrected chi connectivity index (χ4v) is 1.04. The topological polar surface area (TPSA) is 54.3 Å². The third-order valence-electron chi connectivity index (χ3n) is 1.77. The van der Waals surface area contributed by atoms with E-state index < -0.39 is 24.8 Å². The molecule has 1 rings (SSSR count). The molecule has 0 aliphatic rings. The number of rotatable bonds is 3. The van der Waals surface area contributed by atoms with Crippen molar-refractivity contribution in [2.24, 2.45) is 0 Å². The van der Waals surface area contributed by atoms with Crippen LogP contribution in [0.5, 0.6) is 0 Å². The lowest BCUT2D eigenvalue weighted by atomic mass is 10.2. The van der Waals surface area contributed by atoms with Crippen LogP contribution in [0, 0.1) is 0 Å². The highest BCUT2D eigenvalue weighted by Gasteiger charge is 2.27. The van der Waals surface area contributed by atoms with Gasteiger partial charge in [-0.1, -0.05) is 0 Å². The summed E-state index contributed by atoms with van der Waals surface area (Å²) in [7, 11) is 0. The van der Waals surface area contributed by atoms with E-state index in [2.05, 4.69) is 5.32 Å². The van der Waals surface area contributed by atoms with Crippen LogP contribution in [-0.4, -0.2) is 18.8 Å².